The summed E-state index contributed by atoms with van der Waals surface area (Å²) in [4.78, 5) is 0. The van der Waals surface area contributed by atoms with Crippen LogP contribution in [0.15, 0.2) is 23.4 Å². The van der Waals surface area contributed by atoms with Crippen molar-refractivity contribution in [3.8, 4) is 0 Å². The van der Waals surface area contributed by atoms with Crippen LogP contribution < -0.4 is 0 Å². The van der Waals surface area contributed by atoms with Crippen molar-refractivity contribution >= 4 is 8.80 Å². The van der Waals surface area contributed by atoms with E-state index in [2.05, 4.69) is 39.0 Å². The van der Waals surface area contributed by atoms with Crippen LogP contribution in [0.3, 0.4) is 0 Å². The molecule has 0 saturated carbocycles. The molecule has 0 aromatic rings. The van der Waals surface area contributed by atoms with E-state index in [1.54, 1.807) is 0 Å². The third kappa shape index (κ3) is 10.9. The van der Waals surface area contributed by atoms with Crippen LogP contribution in [-0.2, 0) is 13.3 Å². The van der Waals surface area contributed by atoms with Gasteiger partial charge in [-0.25, -0.2) is 0 Å². The second-order valence-corrected chi connectivity index (χ2v) is 10.6. The molecule has 0 saturated heterocycles. The predicted octanol–water partition coefficient (Wildman–Crippen LogP) is 7.53. The molecule has 0 unspecified atom stereocenters. The van der Waals surface area contributed by atoms with Crippen LogP contribution in [0.5, 0.6) is 0 Å². The molecule has 1 rings (SSSR count). The first-order valence-electron chi connectivity index (χ1n) is 12.1. The number of hydrogen-bond donors (Lipinski definition) is 0. The molecular weight excluding hydrogens is 364 g/mol. The Kier molecular flexibility index (Phi) is 16.0. The first-order chi connectivity index (χ1) is 13.8. The molecule has 0 aromatic carbocycles. The summed E-state index contributed by atoms with van der Waals surface area (Å²) in [5, 5.41) is 1.29. The lowest BCUT2D eigenvalue weighted by Crippen LogP contribution is -2.49. The quantitative estimate of drug-likeness (QED) is 0.163. The van der Waals surface area contributed by atoms with Crippen molar-refractivity contribution in [1.82, 2.24) is 0 Å². The fourth-order valence-corrected chi connectivity index (χ4v) is 6.26. The molecule has 0 heterocycles. The van der Waals surface area contributed by atoms with Crippen LogP contribution in [0.1, 0.15) is 111 Å². The van der Waals surface area contributed by atoms with E-state index in [0.29, 0.717) is 0 Å². The highest BCUT2D eigenvalue weighted by Crippen LogP contribution is 2.28. The van der Waals surface area contributed by atoms with Crippen LogP contribution >= 0.6 is 0 Å². The Balaban J connectivity index is 2.72. The minimum absolute atomic E-state index is 0.761. The van der Waals surface area contributed by atoms with E-state index >= 15 is 0 Å². The van der Waals surface area contributed by atoms with Gasteiger partial charge in [0, 0.05) is 25.0 Å². The van der Waals surface area contributed by atoms with Crippen LogP contribution in [0.4, 0.5) is 0 Å². The highest BCUT2D eigenvalue weighted by molar-refractivity contribution is 6.68. The first-order valence-corrected chi connectivity index (χ1v) is 13.8. The normalized spacial score (nSPS) is 14.5. The summed E-state index contributed by atoms with van der Waals surface area (Å²) >= 11 is 0. The van der Waals surface area contributed by atoms with Gasteiger partial charge in [-0.15, -0.1) is 0 Å². The molecule has 3 nitrogen and oxygen atoms in total. The van der Waals surface area contributed by atoms with Gasteiger partial charge >= 0.3 is 8.80 Å². The molecule has 0 amide bonds. The van der Waals surface area contributed by atoms with E-state index in [1.165, 1.54) is 63.0 Å². The van der Waals surface area contributed by atoms with Gasteiger partial charge in [-0.3, -0.25) is 0 Å². The van der Waals surface area contributed by atoms with Crippen molar-refractivity contribution in [2.45, 2.75) is 111 Å². The van der Waals surface area contributed by atoms with Gasteiger partial charge in [0.25, 0.3) is 0 Å². The molecule has 0 aromatic heterocycles. The van der Waals surface area contributed by atoms with Crippen molar-refractivity contribution in [1.29, 1.82) is 0 Å². The third-order valence-electron chi connectivity index (χ3n) is 5.28. The average molecular weight is 411 g/mol. The molecule has 28 heavy (non-hydrogen) atoms. The smallest absolute Gasteiger partial charge is 0.370 e. The second kappa shape index (κ2) is 17.4. The number of allylic oxidation sites excluding steroid dienone is 4. The molecule has 1 aliphatic carbocycles. The van der Waals surface area contributed by atoms with E-state index in [-0.39, 0.29) is 0 Å². The highest BCUT2D eigenvalue weighted by atomic mass is 28.4. The summed E-state index contributed by atoms with van der Waals surface area (Å²) in [5.74, 6) is 0. The van der Waals surface area contributed by atoms with Gasteiger partial charge < -0.3 is 13.3 Å². The Bertz CT molecular complexity index is 384. The van der Waals surface area contributed by atoms with Gasteiger partial charge in [-0.2, -0.15) is 0 Å². The van der Waals surface area contributed by atoms with Gasteiger partial charge in [-0.05, 0) is 32.1 Å². The molecule has 1 aliphatic rings. The average Bonchev–Trinajstić information content (AvgIpc) is 2.73. The zero-order valence-corrected chi connectivity index (χ0v) is 20.0. The molecule has 0 bridgehead atoms. The summed E-state index contributed by atoms with van der Waals surface area (Å²) in [5.41, 5.74) is 0. The zero-order chi connectivity index (χ0) is 20.3. The molecule has 0 fully saturated rings. The fourth-order valence-electron chi connectivity index (χ4n) is 3.47. The summed E-state index contributed by atoms with van der Waals surface area (Å²) < 4.78 is 19.6. The van der Waals surface area contributed by atoms with E-state index in [9.17, 15) is 0 Å². The van der Waals surface area contributed by atoms with Gasteiger partial charge in [0.15, 0.2) is 0 Å². The minimum Gasteiger partial charge on any atom is -0.370 e. The first kappa shape index (κ1) is 25.6. The van der Waals surface area contributed by atoms with Crippen LogP contribution in [0, 0.1) is 0 Å². The van der Waals surface area contributed by atoms with Crippen molar-refractivity contribution < 1.29 is 13.3 Å². The van der Waals surface area contributed by atoms with Gasteiger partial charge in [0.05, 0.1) is 0 Å². The summed E-state index contributed by atoms with van der Waals surface area (Å²) in [6.45, 7) is 9.03. The van der Waals surface area contributed by atoms with Crippen molar-refractivity contribution in [3.05, 3.63) is 23.4 Å². The van der Waals surface area contributed by atoms with Gasteiger partial charge in [0.2, 0.25) is 0 Å². The fraction of sp³-hybridized carbons (Fsp3) is 0.833. The van der Waals surface area contributed by atoms with Gasteiger partial charge in [-0.1, -0.05) is 96.8 Å². The Morgan fingerprint density at radius 1 is 0.679 bits per heavy atom. The molecule has 0 N–H and O–H groups in total. The highest BCUT2D eigenvalue weighted by Gasteiger charge is 2.45. The topological polar surface area (TPSA) is 27.7 Å². The monoisotopic (exact) mass is 410 g/mol. The molecule has 0 aliphatic heterocycles. The number of unbranched alkanes of at least 4 members (excludes halogenated alkanes) is 9. The number of rotatable bonds is 19. The summed E-state index contributed by atoms with van der Waals surface area (Å²) in [6.07, 6.45) is 23.2. The van der Waals surface area contributed by atoms with Crippen molar-refractivity contribution in [2.24, 2.45) is 0 Å². The number of hydrogen-bond acceptors (Lipinski definition) is 3. The van der Waals surface area contributed by atoms with Crippen LogP contribution in [0.25, 0.3) is 0 Å². The van der Waals surface area contributed by atoms with E-state index in [4.69, 9.17) is 13.3 Å². The lowest BCUT2D eigenvalue weighted by molar-refractivity contribution is 0.0632. The maximum Gasteiger partial charge on any atom is 0.533 e. The largest absolute Gasteiger partial charge is 0.533 e. The molecular formula is C24H46O3Si. The summed E-state index contributed by atoms with van der Waals surface area (Å²) in [6, 6.07) is 0. The molecule has 164 valence electrons. The molecule has 0 spiro atoms. The third-order valence-corrected chi connectivity index (χ3v) is 8.23. The summed E-state index contributed by atoms with van der Waals surface area (Å²) in [7, 11) is -2.77. The Morgan fingerprint density at radius 2 is 1.14 bits per heavy atom. The Morgan fingerprint density at radius 3 is 1.50 bits per heavy atom. The maximum absolute atomic E-state index is 6.52. The van der Waals surface area contributed by atoms with E-state index in [1.807, 2.05) is 0 Å². The van der Waals surface area contributed by atoms with Gasteiger partial charge in [0.1, 0.15) is 0 Å². The second-order valence-electron chi connectivity index (χ2n) is 7.94. The lowest BCUT2D eigenvalue weighted by Gasteiger charge is -2.32. The van der Waals surface area contributed by atoms with Crippen molar-refractivity contribution in [2.75, 3.05) is 19.8 Å². The Hall–Kier alpha value is -0.423. The van der Waals surface area contributed by atoms with Crippen LogP contribution in [-0.4, -0.2) is 28.6 Å². The SMILES string of the molecule is CCCCCCO[Si](OCCCCCC)(OCCCCCC)C1=CC=CCC1. The minimum atomic E-state index is -2.77. The Labute approximate surface area is 176 Å². The zero-order valence-electron chi connectivity index (χ0n) is 19.0. The molecule has 0 atom stereocenters. The predicted molar refractivity (Wildman–Crippen MR) is 122 cm³/mol. The van der Waals surface area contributed by atoms with E-state index < -0.39 is 8.80 Å². The molecule has 0 radical (unpaired) electrons. The molecule has 4 heteroatoms. The standard InChI is InChI=1S/C24H46O3Si/c1-4-7-10-16-21-25-28(24-19-14-13-15-20-24,26-22-17-11-8-5-2)27-23-18-12-9-6-3/h13-14,19H,4-12,15-18,20-23H2,1-3H3. The lowest BCUT2D eigenvalue weighted by atomic mass is 10.2. The van der Waals surface area contributed by atoms with Crippen LogP contribution in [0.2, 0.25) is 0 Å². The van der Waals surface area contributed by atoms with Crippen molar-refractivity contribution in [3.63, 3.8) is 0 Å². The maximum atomic E-state index is 6.52. The van der Waals surface area contributed by atoms with E-state index in [0.717, 1.165) is 51.9 Å².